The van der Waals surface area contributed by atoms with E-state index >= 15 is 0 Å². The summed E-state index contributed by atoms with van der Waals surface area (Å²) >= 11 is 0. The van der Waals surface area contributed by atoms with Gasteiger partial charge in [0.1, 0.15) is 5.75 Å². The smallest absolute Gasteiger partial charge is 0.248 e. The molecule has 2 aromatic carbocycles. The number of methoxy groups -OCH3 is 1. The number of aryl methyl sites for hydroxylation is 2. The molecule has 1 N–H and O–H groups in total. The van der Waals surface area contributed by atoms with E-state index < -0.39 is 10.0 Å². The van der Waals surface area contributed by atoms with Gasteiger partial charge in [-0.3, -0.25) is 4.79 Å². The SMILES string of the molecule is COc1ccc(C)cc1/C=C/C(=O)Nc1cc(S(=O)(=O)N2CCOCC2)ccc1C. The lowest BCUT2D eigenvalue weighted by Crippen LogP contribution is -2.40. The number of nitrogens with zero attached hydrogens (tertiary/aromatic N) is 1. The van der Waals surface area contributed by atoms with Crippen molar-refractivity contribution in [3.63, 3.8) is 0 Å². The Morgan fingerprint density at radius 2 is 1.87 bits per heavy atom. The number of rotatable bonds is 6. The van der Waals surface area contributed by atoms with Crippen LogP contribution >= 0.6 is 0 Å². The van der Waals surface area contributed by atoms with E-state index in [9.17, 15) is 13.2 Å². The molecule has 1 fully saturated rings. The van der Waals surface area contributed by atoms with Crippen LogP contribution in [0.3, 0.4) is 0 Å². The largest absolute Gasteiger partial charge is 0.496 e. The first-order valence-electron chi connectivity index (χ1n) is 9.63. The number of hydrogen-bond acceptors (Lipinski definition) is 5. The number of sulfonamides is 1. The molecule has 0 aromatic heterocycles. The number of amides is 1. The van der Waals surface area contributed by atoms with Crippen LogP contribution in [0.4, 0.5) is 5.69 Å². The Bertz CT molecular complexity index is 1060. The molecule has 0 aliphatic carbocycles. The Balaban J connectivity index is 1.79. The lowest BCUT2D eigenvalue weighted by molar-refractivity contribution is -0.111. The molecule has 30 heavy (non-hydrogen) atoms. The highest BCUT2D eigenvalue weighted by atomic mass is 32.2. The van der Waals surface area contributed by atoms with Gasteiger partial charge in [-0.1, -0.05) is 17.7 Å². The average molecular weight is 431 g/mol. The van der Waals surface area contributed by atoms with Gasteiger partial charge in [0, 0.05) is 30.4 Å². The summed E-state index contributed by atoms with van der Waals surface area (Å²) in [6.07, 6.45) is 3.07. The number of morpholine rings is 1. The minimum absolute atomic E-state index is 0.148. The van der Waals surface area contributed by atoms with Crippen molar-refractivity contribution in [1.82, 2.24) is 4.31 Å². The van der Waals surface area contributed by atoms with Crippen LogP contribution < -0.4 is 10.1 Å². The monoisotopic (exact) mass is 430 g/mol. The molecule has 1 aliphatic heterocycles. The number of ether oxygens (including phenoxy) is 2. The molecule has 160 valence electrons. The van der Waals surface area contributed by atoms with Gasteiger partial charge < -0.3 is 14.8 Å². The molecule has 1 saturated heterocycles. The third kappa shape index (κ3) is 5.08. The highest BCUT2D eigenvalue weighted by Gasteiger charge is 2.26. The van der Waals surface area contributed by atoms with Crippen LogP contribution in [0.2, 0.25) is 0 Å². The molecule has 0 atom stereocenters. The second kappa shape index (κ2) is 9.42. The predicted octanol–water partition coefficient (Wildman–Crippen LogP) is 2.98. The van der Waals surface area contributed by atoms with E-state index in [0.717, 1.165) is 16.7 Å². The van der Waals surface area contributed by atoms with Gasteiger partial charge in [-0.05, 0) is 49.8 Å². The number of benzene rings is 2. The van der Waals surface area contributed by atoms with E-state index in [1.165, 1.54) is 16.4 Å². The molecule has 7 nitrogen and oxygen atoms in total. The Morgan fingerprint density at radius 1 is 1.13 bits per heavy atom. The number of carbonyl (C=O) groups is 1. The van der Waals surface area contributed by atoms with Crippen molar-refractivity contribution in [3.05, 3.63) is 59.2 Å². The van der Waals surface area contributed by atoms with Gasteiger partial charge in [-0.2, -0.15) is 4.31 Å². The molecule has 2 aromatic rings. The minimum Gasteiger partial charge on any atom is -0.496 e. The summed E-state index contributed by atoms with van der Waals surface area (Å²) in [4.78, 5) is 12.6. The van der Waals surface area contributed by atoms with Gasteiger partial charge in [-0.15, -0.1) is 0 Å². The third-order valence-electron chi connectivity index (χ3n) is 4.87. The third-order valence-corrected chi connectivity index (χ3v) is 6.77. The lowest BCUT2D eigenvalue weighted by atomic mass is 10.1. The molecule has 0 bridgehead atoms. The molecule has 0 unspecified atom stereocenters. The topological polar surface area (TPSA) is 84.9 Å². The van der Waals surface area contributed by atoms with E-state index in [1.807, 2.05) is 32.0 Å². The number of anilines is 1. The summed E-state index contributed by atoms with van der Waals surface area (Å²) < 4.78 is 37.7. The van der Waals surface area contributed by atoms with Gasteiger partial charge in [0.2, 0.25) is 15.9 Å². The van der Waals surface area contributed by atoms with Gasteiger partial charge >= 0.3 is 0 Å². The Kier molecular flexibility index (Phi) is 6.91. The standard InChI is InChI=1S/C22H26N2O5S/c1-16-4-8-21(28-3)18(14-16)6-9-22(25)23-20-15-19(7-5-17(20)2)30(26,27)24-10-12-29-13-11-24/h4-9,14-15H,10-13H2,1-3H3,(H,23,25)/b9-6+. The highest BCUT2D eigenvalue weighted by Crippen LogP contribution is 2.24. The first-order valence-corrected chi connectivity index (χ1v) is 11.1. The summed E-state index contributed by atoms with van der Waals surface area (Å²) in [6, 6.07) is 10.4. The fourth-order valence-corrected chi connectivity index (χ4v) is 4.59. The van der Waals surface area contributed by atoms with Crippen molar-refractivity contribution in [2.45, 2.75) is 18.7 Å². The quantitative estimate of drug-likeness (QED) is 0.712. The molecule has 8 heteroatoms. The molecule has 0 saturated carbocycles. The molecule has 1 aliphatic rings. The first kappa shape index (κ1) is 22.0. The fourth-order valence-electron chi connectivity index (χ4n) is 3.16. The maximum atomic E-state index is 12.9. The van der Waals surface area contributed by atoms with Crippen molar-refractivity contribution in [2.24, 2.45) is 0 Å². The summed E-state index contributed by atoms with van der Waals surface area (Å²) in [5.74, 6) is 0.307. The second-order valence-electron chi connectivity index (χ2n) is 7.06. The van der Waals surface area contributed by atoms with Crippen molar-refractivity contribution >= 4 is 27.7 Å². The molecule has 3 rings (SSSR count). The zero-order chi connectivity index (χ0) is 21.7. The fraction of sp³-hybridized carbons (Fsp3) is 0.318. The minimum atomic E-state index is -3.64. The molecule has 1 heterocycles. The summed E-state index contributed by atoms with van der Waals surface area (Å²) in [5, 5.41) is 2.77. The van der Waals surface area contributed by atoms with Crippen molar-refractivity contribution in [3.8, 4) is 5.75 Å². The van der Waals surface area contributed by atoms with Crippen LogP contribution in [-0.4, -0.2) is 52.0 Å². The zero-order valence-electron chi connectivity index (χ0n) is 17.3. The van der Waals surface area contributed by atoms with Crippen molar-refractivity contribution < 1.29 is 22.7 Å². The van der Waals surface area contributed by atoms with E-state index in [-0.39, 0.29) is 10.8 Å². The van der Waals surface area contributed by atoms with E-state index in [4.69, 9.17) is 9.47 Å². The predicted molar refractivity (Wildman–Crippen MR) is 116 cm³/mol. The van der Waals surface area contributed by atoms with Crippen LogP contribution in [0.25, 0.3) is 6.08 Å². The van der Waals surface area contributed by atoms with Gasteiger partial charge in [0.05, 0.1) is 25.2 Å². The van der Waals surface area contributed by atoms with Gasteiger partial charge in [-0.25, -0.2) is 8.42 Å². The van der Waals surface area contributed by atoms with Crippen molar-refractivity contribution in [1.29, 1.82) is 0 Å². The maximum absolute atomic E-state index is 12.9. The molecule has 0 spiro atoms. The number of hydrogen-bond donors (Lipinski definition) is 1. The highest BCUT2D eigenvalue weighted by molar-refractivity contribution is 7.89. The van der Waals surface area contributed by atoms with E-state index in [1.54, 1.807) is 25.3 Å². The Labute approximate surface area is 177 Å². The normalized spacial score (nSPS) is 15.3. The van der Waals surface area contributed by atoms with E-state index in [0.29, 0.717) is 37.7 Å². The lowest BCUT2D eigenvalue weighted by Gasteiger charge is -2.26. The van der Waals surface area contributed by atoms with Crippen LogP contribution in [-0.2, 0) is 19.6 Å². The van der Waals surface area contributed by atoms with Gasteiger partial charge in [0.15, 0.2) is 0 Å². The molecule has 0 radical (unpaired) electrons. The maximum Gasteiger partial charge on any atom is 0.248 e. The zero-order valence-corrected chi connectivity index (χ0v) is 18.2. The molecular weight excluding hydrogens is 404 g/mol. The second-order valence-corrected chi connectivity index (χ2v) is 9.00. The van der Waals surface area contributed by atoms with Crippen LogP contribution in [0, 0.1) is 13.8 Å². The first-order chi connectivity index (χ1) is 14.3. The summed E-state index contributed by atoms with van der Waals surface area (Å²) in [5.41, 5.74) is 3.06. The Hall–Kier alpha value is -2.68. The summed E-state index contributed by atoms with van der Waals surface area (Å²) in [7, 11) is -2.06. The van der Waals surface area contributed by atoms with Crippen LogP contribution in [0.1, 0.15) is 16.7 Å². The number of nitrogens with one attached hydrogen (secondary N) is 1. The summed E-state index contributed by atoms with van der Waals surface area (Å²) in [6.45, 7) is 5.16. The van der Waals surface area contributed by atoms with Gasteiger partial charge in [0.25, 0.3) is 0 Å². The van der Waals surface area contributed by atoms with E-state index in [2.05, 4.69) is 5.32 Å². The molecular formula is C22H26N2O5S. The molecule has 1 amide bonds. The van der Waals surface area contributed by atoms with Crippen LogP contribution in [0.15, 0.2) is 47.4 Å². The van der Waals surface area contributed by atoms with Crippen LogP contribution in [0.5, 0.6) is 5.75 Å². The number of carbonyl (C=O) groups excluding carboxylic acids is 1. The Morgan fingerprint density at radius 3 is 2.57 bits per heavy atom. The van der Waals surface area contributed by atoms with Crippen molar-refractivity contribution in [2.75, 3.05) is 38.7 Å². The average Bonchev–Trinajstić information content (AvgIpc) is 2.74.